The Bertz CT molecular complexity index is 376. The second-order valence-corrected chi connectivity index (χ2v) is 4.32. The fourth-order valence-corrected chi connectivity index (χ4v) is 1.43. The number of rotatable bonds is 2. The highest BCUT2D eigenvalue weighted by molar-refractivity contribution is 9.10. The maximum atomic E-state index is 11.6. The Morgan fingerprint density at radius 3 is 2.93 bits per heavy atom. The lowest BCUT2D eigenvalue weighted by Crippen LogP contribution is -2.37. The first-order chi connectivity index (χ1) is 6.62. The molecule has 4 nitrogen and oxygen atoms in total. The topological polar surface area (TPSA) is 68.0 Å². The van der Waals surface area contributed by atoms with Gasteiger partial charge in [0, 0.05) is 12.4 Å². The third-order valence-electron chi connectivity index (χ3n) is 2.26. The lowest BCUT2D eigenvalue weighted by atomic mass is 10.2. The molecule has 0 bridgehead atoms. The minimum Gasteiger partial charge on any atom is -0.323 e. The van der Waals surface area contributed by atoms with Crippen molar-refractivity contribution in [2.75, 3.05) is 5.32 Å². The molecule has 1 aliphatic carbocycles. The van der Waals surface area contributed by atoms with E-state index < -0.39 is 5.54 Å². The van der Waals surface area contributed by atoms with Crippen molar-refractivity contribution in [3.63, 3.8) is 0 Å². The quantitative estimate of drug-likeness (QED) is 0.837. The number of amides is 1. The molecule has 74 valence electrons. The third kappa shape index (κ3) is 1.78. The van der Waals surface area contributed by atoms with Crippen LogP contribution in [-0.4, -0.2) is 16.4 Å². The van der Waals surface area contributed by atoms with Gasteiger partial charge in [0.15, 0.2) is 0 Å². The third-order valence-corrected chi connectivity index (χ3v) is 2.89. The van der Waals surface area contributed by atoms with Gasteiger partial charge in [-0.2, -0.15) is 0 Å². The molecular formula is C9H10BrN3O. The summed E-state index contributed by atoms with van der Waals surface area (Å²) in [5.41, 5.74) is 5.82. The molecule has 0 radical (unpaired) electrons. The highest BCUT2D eigenvalue weighted by Crippen LogP contribution is 2.34. The molecule has 0 unspecified atom stereocenters. The minimum absolute atomic E-state index is 0.121. The number of carbonyl (C=O) groups is 1. The number of nitrogens with zero attached hydrogens (tertiary/aromatic N) is 1. The van der Waals surface area contributed by atoms with Gasteiger partial charge in [-0.05, 0) is 34.8 Å². The molecule has 1 amide bonds. The monoisotopic (exact) mass is 255 g/mol. The van der Waals surface area contributed by atoms with Crippen LogP contribution < -0.4 is 11.1 Å². The first-order valence-corrected chi connectivity index (χ1v) is 5.11. The molecule has 0 saturated heterocycles. The Labute approximate surface area is 90.0 Å². The predicted octanol–water partition coefficient (Wildman–Crippen LogP) is 1.27. The van der Waals surface area contributed by atoms with E-state index >= 15 is 0 Å². The number of nitrogens with one attached hydrogen (secondary N) is 1. The summed E-state index contributed by atoms with van der Waals surface area (Å²) in [6, 6.07) is 1.73. The summed E-state index contributed by atoms with van der Waals surface area (Å²) in [5.74, 6) is -0.121. The van der Waals surface area contributed by atoms with Crippen molar-refractivity contribution in [3.8, 4) is 0 Å². The van der Waals surface area contributed by atoms with Crippen molar-refractivity contribution < 1.29 is 4.79 Å². The SMILES string of the molecule is NC1(C(=O)Nc2ccncc2Br)CC1. The van der Waals surface area contributed by atoms with Crippen molar-refractivity contribution >= 4 is 27.5 Å². The van der Waals surface area contributed by atoms with E-state index in [4.69, 9.17) is 5.73 Å². The van der Waals surface area contributed by atoms with E-state index in [2.05, 4.69) is 26.2 Å². The summed E-state index contributed by atoms with van der Waals surface area (Å²) < 4.78 is 0.762. The molecule has 1 aromatic heterocycles. The fourth-order valence-electron chi connectivity index (χ4n) is 1.09. The summed E-state index contributed by atoms with van der Waals surface area (Å²) in [5, 5.41) is 2.76. The van der Waals surface area contributed by atoms with Crippen molar-refractivity contribution in [1.29, 1.82) is 0 Å². The summed E-state index contributed by atoms with van der Waals surface area (Å²) in [6.07, 6.45) is 4.78. The second-order valence-electron chi connectivity index (χ2n) is 3.47. The molecule has 1 heterocycles. The van der Waals surface area contributed by atoms with Gasteiger partial charge in [0.25, 0.3) is 0 Å². The minimum atomic E-state index is -0.636. The van der Waals surface area contributed by atoms with E-state index in [-0.39, 0.29) is 5.91 Å². The Morgan fingerprint density at radius 2 is 2.36 bits per heavy atom. The molecule has 1 aromatic rings. The molecule has 14 heavy (non-hydrogen) atoms. The molecule has 1 fully saturated rings. The van der Waals surface area contributed by atoms with Crippen LogP contribution in [0.1, 0.15) is 12.8 Å². The molecule has 1 aliphatic rings. The number of pyridine rings is 1. The van der Waals surface area contributed by atoms with Gasteiger partial charge in [0.2, 0.25) is 5.91 Å². The van der Waals surface area contributed by atoms with Crippen LogP contribution in [0.2, 0.25) is 0 Å². The van der Waals surface area contributed by atoms with Crippen molar-refractivity contribution in [2.45, 2.75) is 18.4 Å². The lowest BCUT2D eigenvalue weighted by molar-refractivity contribution is -0.118. The van der Waals surface area contributed by atoms with Gasteiger partial charge in [0.05, 0.1) is 15.7 Å². The van der Waals surface area contributed by atoms with Gasteiger partial charge in [0.1, 0.15) is 0 Å². The summed E-state index contributed by atoms with van der Waals surface area (Å²) in [4.78, 5) is 15.5. The molecule has 0 aliphatic heterocycles. The van der Waals surface area contributed by atoms with Gasteiger partial charge in [-0.25, -0.2) is 0 Å². The van der Waals surface area contributed by atoms with Crippen LogP contribution in [0, 0.1) is 0 Å². The number of hydrogen-bond donors (Lipinski definition) is 2. The number of nitrogens with two attached hydrogens (primary N) is 1. The van der Waals surface area contributed by atoms with Crippen molar-refractivity contribution in [1.82, 2.24) is 4.98 Å². The zero-order valence-corrected chi connectivity index (χ0v) is 9.04. The standard InChI is InChI=1S/C9H10BrN3O/c10-6-5-12-4-1-7(6)13-8(14)9(11)2-3-9/h1,4-5H,2-3,11H2,(H,12,13,14). The van der Waals surface area contributed by atoms with Gasteiger partial charge in [-0.3, -0.25) is 9.78 Å². The Morgan fingerprint density at radius 1 is 1.64 bits per heavy atom. The molecule has 3 N–H and O–H groups in total. The van der Waals surface area contributed by atoms with Crippen LogP contribution in [-0.2, 0) is 4.79 Å². The number of hydrogen-bond acceptors (Lipinski definition) is 3. The van der Waals surface area contributed by atoms with Crippen LogP contribution in [0.15, 0.2) is 22.9 Å². The highest BCUT2D eigenvalue weighted by atomic mass is 79.9. The molecule has 1 saturated carbocycles. The van der Waals surface area contributed by atoms with E-state index in [1.54, 1.807) is 18.5 Å². The van der Waals surface area contributed by atoms with Crippen LogP contribution in [0.3, 0.4) is 0 Å². The normalized spacial score (nSPS) is 17.6. The van der Waals surface area contributed by atoms with E-state index in [1.165, 1.54) is 0 Å². The van der Waals surface area contributed by atoms with Gasteiger partial charge >= 0.3 is 0 Å². The molecule has 0 aromatic carbocycles. The van der Waals surface area contributed by atoms with Crippen molar-refractivity contribution in [2.24, 2.45) is 5.73 Å². The summed E-state index contributed by atoms with van der Waals surface area (Å²) in [6.45, 7) is 0. The number of halogens is 1. The first kappa shape index (κ1) is 9.61. The lowest BCUT2D eigenvalue weighted by Gasteiger charge is -2.10. The predicted molar refractivity (Wildman–Crippen MR) is 56.7 cm³/mol. The summed E-state index contributed by atoms with van der Waals surface area (Å²) >= 11 is 3.29. The average molecular weight is 256 g/mol. The average Bonchev–Trinajstić information content (AvgIpc) is 2.89. The van der Waals surface area contributed by atoms with E-state index in [9.17, 15) is 4.79 Å². The van der Waals surface area contributed by atoms with Gasteiger partial charge < -0.3 is 11.1 Å². The largest absolute Gasteiger partial charge is 0.323 e. The van der Waals surface area contributed by atoms with E-state index in [0.29, 0.717) is 5.69 Å². The number of aromatic nitrogens is 1. The first-order valence-electron chi connectivity index (χ1n) is 4.32. The summed E-state index contributed by atoms with van der Waals surface area (Å²) in [7, 11) is 0. The van der Waals surface area contributed by atoms with Gasteiger partial charge in [-0.15, -0.1) is 0 Å². The van der Waals surface area contributed by atoms with Crippen LogP contribution >= 0.6 is 15.9 Å². The van der Waals surface area contributed by atoms with Gasteiger partial charge in [-0.1, -0.05) is 0 Å². The van der Waals surface area contributed by atoms with Crippen molar-refractivity contribution in [3.05, 3.63) is 22.9 Å². The Balaban J connectivity index is 2.11. The number of carbonyl (C=O) groups excluding carboxylic acids is 1. The smallest absolute Gasteiger partial charge is 0.244 e. The van der Waals surface area contributed by atoms with Crippen LogP contribution in [0.25, 0.3) is 0 Å². The van der Waals surface area contributed by atoms with Crippen LogP contribution in [0.4, 0.5) is 5.69 Å². The zero-order chi connectivity index (χ0) is 10.2. The second kappa shape index (κ2) is 3.33. The number of anilines is 1. The van der Waals surface area contributed by atoms with Crippen LogP contribution in [0.5, 0.6) is 0 Å². The Hall–Kier alpha value is -0.940. The maximum Gasteiger partial charge on any atom is 0.244 e. The molecular weight excluding hydrogens is 246 g/mol. The maximum absolute atomic E-state index is 11.6. The molecule has 2 rings (SSSR count). The zero-order valence-electron chi connectivity index (χ0n) is 7.46. The van der Waals surface area contributed by atoms with E-state index in [1.807, 2.05) is 0 Å². The fraction of sp³-hybridized carbons (Fsp3) is 0.333. The Kier molecular flexibility index (Phi) is 2.28. The van der Waals surface area contributed by atoms with E-state index in [0.717, 1.165) is 17.3 Å². The molecule has 0 atom stereocenters. The molecule has 0 spiro atoms. The highest BCUT2D eigenvalue weighted by Gasteiger charge is 2.46. The molecule has 5 heteroatoms.